The second-order valence-electron chi connectivity index (χ2n) is 4.39. The lowest BCUT2D eigenvalue weighted by Crippen LogP contribution is -2.40. The molecular weight excluding hydrogens is 220 g/mol. The van der Waals surface area contributed by atoms with Crippen molar-refractivity contribution in [3.63, 3.8) is 0 Å². The van der Waals surface area contributed by atoms with Crippen LogP contribution in [0, 0.1) is 0 Å². The van der Waals surface area contributed by atoms with Gasteiger partial charge in [-0.15, -0.1) is 0 Å². The van der Waals surface area contributed by atoms with Crippen molar-refractivity contribution < 1.29 is 14.3 Å². The molecular formula is C12H18N2O3. The van der Waals surface area contributed by atoms with E-state index in [4.69, 9.17) is 0 Å². The summed E-state index contributed by atoms with van der Waals surface area (Å²) in [5.74, 6) is -1.53. The van der Waals surface area contributed by atoms with Crippen molar-refractivity contribution in [2.24, 2.45) is 0 Å². The van der Waals surface area contributed by atoms with E-state index in [-0.39, 0.29) is 12.0 Å². The Balaban J connectivity index is 2.50. The van der Waals surface area contributed by atoms with E-state index in [0.717, 1.165) is 5.56 Å². The van der Waals surface area contributed by atoms with Gasteiger partial charge in [-0.1, -0.05) is 13.8 Å². The van der Waals surface area contributed by atoms with E-state index >= 15 is 0 Å². The van der Waals surface area contributed by atoms with Gasteiger partial charge in [0.1, 0.15) is 0 Å². The van der Waals surface area contributed by atoms with Gasteiger partial charge in [0.15, 0.2) is 0 Å². The summed E-state index contributed by atoms with van der Waals surface area (Å²) in [6, 6.07) is 1.94. The molecule has 0 aliphatic heterocycles. The van der Waals surface area contributed by atoms with Crippen LogP contribution >= 0.6 is 0 Å². The Bertz CT molecular complexity index is 382. The van der Waals surface area contributed by atoms with Crippen LogP contribution in [0.3, 0.4) is 0 Å². The van der Waals surface area contributed by atoms with Crippen LogP contribution in [0.15, 0.2) is 18.5 Å². The summed E-state index contributed by atoms with van der Waals surface area (Å²) in [5.41, 5.74) is 0.837. The second kappa shape index (κ2) is 5.52. The van der Waals surface area contributed by atoms with Gasteiger partial charge < -0.3 is 15.0 Å². The monoisotopic (exact) mass is 238 g/mol. The number of aromatic nitrogens is 1. The maximum atomic E-state index is 11.4. The molecule has 0 aliphatic carbocycles. The maximum Gasteiger partial charge on any atom is 0.396 e. The quantitative estimate of drug-likeness (QED) is 0.606. The zero-order chi connectivity index (χ0) is 12.9. The van der Waals surface area contributed by atoms with E-state index < -0.39 is 11.9 Å². The first-order valence-corrected chi connectivity index (χ1v) is 5.55. The molecule has 0 aliphatic rings. The Morgan fingerprint density at radius 3 is 2.71 bits per heavy atom. The number of esters is 1. The number of H-pyrrole nitrogens is 1. The highest BCUT2D eigenvalue weighted by Gasteiger charge is 2.24. The van der Waals surface area contributed by atoms with E-state index in [9.17, 15) is 9.59 Å². The SMILES string of the molecule is CCOC(=O)C(=O)NCC(C)(C)c1cc[nH]c1. The molecule has 0 fully saturated rings. The van der Waals surface area contributed by atoms with E-state index in [1.54, 1.807) is 6.92 Å². The smallest absolute Gasteiger partial charge is 0.396 e. The number of ether oxygens (including phenoxy) is 1. The van der Waals surface area contributed by atoms with Crippen molar-refractivity contribution >= 4 is 11.9 Å². The molecule has 1 heterocycles. The average molecular weight is 238 g/mol. The minimum atomic E-state index is -0.836. The molecule has 0 aromatic carbocycles. The first-order valence-electron chi connectivity index (χ1n) is 5.55. The van der Waals surface area contributed by atoms with Gasteiger partial charge in [-0.25, -0.2) is 4.79 Å². The number of aromatic amines is 1. The zero-order valence-corrected chi connectivity index (χ0v) is 10.4. The average Bonchev–Trinajstić information content (AvgIpc) is 2.80. The molecule has 1 amide bonds. The fourth-order valence-corrected chi connectivity index (χ4v) is 1.42. The Labute approximate surface area is 101 Å². The highest BCUT2D eigenvalue weighted by molar-refractivity contribution is 6.32. The Hall–Kier alpha value is -1.78. The van der Waals surface area contributed by atoms with Gasteiger partial charge in [0.2, 0.25) is 0 Å². The number of nitrogens with one attached hydrogen (secondary N) is 2. The third kappa shape index (κ3) is 3.62. The highest BCUT2D eigenvalue weighted by atomic mass is 16.5. The van der Waals surface area contributed by atoms with Gasteiger partial charge in [-0.2, -0.15) is 0 Å². The van der Waals surface area contributed by atoms with Crippen LogP contribution < -0.4 is 5.32 Å². The van der Waals surface area contributed by atoms with Crippen molar-refractivity contribution in [3.8, 4) is 0 Å². The van der Waals surface area contributed by atoms with E-state index in [1.165, 1.54) is 0 Å². The van der Waals surface area contributed by atoms with Crippen LogP contribution in [0.25, 0.3) is 0 Å². The summed E-state index contributed by atoms with van der Waals surface area (Å²) in [4.78, 5) is 25.4. The summed E-state index contributed by atoms with van der Waals surface area (Å²) in [6.07, 6.45) is 3.70. The largest absolute Gasteiger partial charge is 0.459 e. The first-order chi connectivity index (χ1) is 7.97. The Morgan fingerprint density at radius 1 is 1.47 bits per heavy atom. The van der Waals surface area contributed by atoms with Gasteiger partial charge in [0, 0.05) is 24.4 Å². The van der Waals surface area contributed by atoms with Crippen molar-refractivity contribution in [1.29, 1.82) is 0 Å². The van der Waals surface area contributed by atoms with Crippen LogP contribution in [-0.2, 0) is 19.7 Å². The molecule has 5 heteroatoms. The fraction of sp³-hybridized carbons (Fsp3) is 0.500. The predicted octanol–water partition coefficient (Wildman–Crippen LogP) is 0.972. The van der Waals surface area contributed by atoms with E-state index in [2.05, 4.69) is 15.0 Å². The molecule has 0 unspecified atom stereocenters. The van der Waals surface area contributed by atoms with Crippen LogP contribution in [0.1, 0.15) is 26.3 Å². The number of carbonyl (C=O) groups excluding carboxylic acids is 2. The molecule has 0 saturated carbocycles. The van der Waals surface area contributed by atoms with Gasteiger partial charge in [-0.3, -0.25) is 4.79 Å². The van der Waals surface area contributed by atoms with E-state index in [0.29, 0.717) is 6.54 Å². The zero-order valence-electron chi connectivity index (χ0n) is 10.4. The summed E-state index contributed by atoms with van der Waals surface area (Å²) in [6.45, 7) is 6.22. The molecule has 1 rings (SSSR count). The first kappa shape index (κ1) is 13.3. The number of carbonyl (C=O) groups is 2. The predicted molar refractivity (Wildman–Crippen MR) is 63.5 cm³/mol. The number of hydrogen-bond donors (Lipinski definition) is 2. The maximum absolute atomic E-state index is 11.4. The fourth-order valence-electron chi connectivity index (χ4n) is 1.42. The molecule has 1 aromatic heterocycles. The molecule has 0 spiro atoms. The Kier molecular flexibility index (Phi) is 4.31. The molecule has 2 N–H and O–H groups in total. The van der Waals surface area contributed by atoms with Gasteiger partial charge in [0.25, 0.3) is 0 Å². The summed E-state index contributed by atoms with van der Waals surface area (Å²) >= 11 is 0. The van der Waals surface area contributed by atoms with Gasteiger partial charge >= 0.3 is 11.9 Å². The topological polar surface area (TPSA) is 71.2 Å². The molecule has 0 bridgehead atoms. The van der Waals surface area contributed by atoms with Crippen LogP contribution in [0.5, 0.6) is 0 Å². The molecule has 5 nitrogen and oxygen atoms in total. The van der Waals surface area contributed by atoms with Crippen molar-refractivity contribution in [2.45, 2.75) is 26.2 Å². The molecule has 0 saturated heterocycles. The van der Waals surface area contributed by atoms with Crippen molar-refractivity contribution in [3.05, 3.63) is 24.0 Å². The number of rotatable bonds is 4. The number of amides is 1. The third-order valence-corrected chi connectivity index (χ3v) is 2.53. The summed E-state index contributed by atoms with van der Waals surface area (Å²) < 4.78 is 4.60. The summed E-state index contributed by atoms with van der Waals surface area (Å²) in [5, 5.41) is 2.57. The van der Waals surface area contributed by atoms with Crippen LogP contribution in [0.2, 0.25) is 0 Å². The second-order valence-corrected chi connectivity index (χ2v) is 4.39. The number of hydrogen-bond acceptors (Lipinski definition) is 3. The van der Waals surface area contributed by atoms with Gasteiger partial charge in [-0.05, 0) is 18.6 Å². The van der Waals surface area contributed by atoms with E-state index in [1.807, 2.05) is 32.3 Å². The van der Waals surface area contributed by atoms with Gasteiger partial charge in [0.05, 0.1) is 6.61 Å². The normalized spacial score (nSPS) is 11.0. The molecule has 94 valence electrons. The van der Waals surface area contributed by atoms with Crippen molar-refractivity contribution in [2.75, 3.05) is 13.2 Å². The molecule has 0 atom stereocenters. The lowest BCUT2D eigenvalue weighted by atomic mass is 9.86. The standard InChI is InChI=1S/C12H18N2O3/c1-4-17-11(16)10(15)14-8-12(2,3)9-5-6-13-7-9/h5-7,13H,4,8H2,1-3H3,(H,14,15). The molecule has 0 radical (unpaired) electrons. The Morgan fingerprint density at radius 2 is 2.18 bits per heavy atom. The molecule has 1 aromatic rings. The highest BCUT2D eigenvalue weighted by Crippen LogP contribution is 2.21. The lowest BCUT2D eigenvalue weighted by molar-refractivity contribution is -0.154. The van der Waals surface area contributed by atoms with Crippen LogP contribution in [-0.4, -0.2) is 30.0 Å². The lowest BCUT2D eigenvalue weighted by Gasteiger charge is -2.23. The van der Waals surface area contributed by atoms with Crippen molar-refractivity contribution in [1.82, 2.24) is 10.3 Å². The minimum Gasteiger partial charge on any atom is -0.459 e. The minimum absolute atomic E-state index is 0.202. The molecule has 17 heavy (non-hydrogen) atoms. The third-order valence-electron chi connectivity index (χ3n) is 2.53. The summed E-state index contributed by atoms with van der Waals surface area (Å²) in [7, 11) is 0. The van der Waals surface area contributed by atoms with Crippen LogP contribution in [0.4, 0.5) is 0 Å².